The summed E-state index contributed by atoms with van der Waals surface area (Å²) in [5, 5.41) is 4.02. The third-order valence-corrected chi connectivity index (χ3v) is 4.73. The van der Waals surface area contributed by atoms with Gasteiger partial charge in [-0.25, -0.2) is 4.98 Å². The highest BCUT2D eigenvalue weighted by molar-refractivity contribution is 6.30. The minimum Gasteiger partial charge on any atom is -0.370 e. The van der Waals surface area contributed by atoms with Crippen LogP contribution < -0.4 is 5.32 Å². The molecule has 1 aromatic carbocycles. The summed E-state index contributed by atoms with van der Waals surface area (Å²) < 4.78 is 0. The Morgan fingerprint density at radius 1 is 1.00 bits per heavy atom. The van der Waals surface area contributed by atoms with Crippen LogP contribution in [-0.4, -0.2) is 40.9 Å². The molecule has 2 aromatic heterocycles. The first-order chi connectivity index (χ1) is 13.6. The van der Waals surface area contributed by atoms with Gasteiger partial charge in [0, 0.05) is 43.8 Å². The first kappa shape index (κ1) is 19.8. The van der Waals surface area contributed by atoms with Crippen molar-refractivity contribution in [2.75, 3.05) is 25.5 Å². The van der Waals surface area contributed by atoms with Gasteiger partial charge in [-0.1, -0.05) is 23.7 Å². The molecule has 1 amide bonds. The normalized spacial score (nSPS) is 10.5. The maximum Gasteiger partial charge on any atom is 0.255 e. The van der Waals surface area contributed by atoms with Crippen LogP contribution in [0, 0.1) is 0 Å². The van der Waals surface area contributed by atoms with Crippen molar-refractivity contribution in [3.8, 4) is 0 Å². The summed E-state index contributed by atoms with van der Waals surface area (Å²) >= 11 is 5.90. The molecule has 3 rings (SSSR count). The number of nitrogens with one attached hydrogen (secondary N) is 1. The first-order valence-corrected chi connectivity index (χ1v) is 9.58. The number of hydrogen-bond acceptors (Lipinski definition) is 4. The van der Waals surface area contributed by atoms with Gasteiger partial charge in [0.1, 0.15) is 5.82 Å². The third-order valence-electron chi connectivity index (χ3n) is 4.48. The summed E-state index contributed by atoms with van der Waals surface area (Å²) in [6.45, 7) is 1.40. The van der Waals surface area contributed by atoms with Crippen molar-refractivity contribution in [2.45, 2.75) is 12.8 Å². The molecule has 0 spiro atoms. The lowest BCUT2D eigenvalue weighted by Crippen LogP contribution is -2.29. The number of likely N-dealkylation sites (N-methyl/N-ethyl adjacent to an activating group) is 1. The van der Waals surface area contributed by atoms with Gasteiger partial charge >= 0.3 is 0 Å². The summed E-state index contributed by atoms with van der Waals surface area (Å²) in [7, 11) is 1.81. The van der Waals surface area contributed by atoms with E-state index in [0.29, 0.717) is 12.1 Å². The molecule has 0 radical (unpaired) electrons. The van der Waals surface area contributed by atoms with E-state index >= 15 is 0 Å². The number of hydrogen-bond donors (Lipinski definition) is 1. The molecule has 2 heterocycles. The average Bonchev–Trinajstić information content (AvgIpc) is 2.74. The number of halogens is 1. The molecule has 0 atom stereocenters. The maximum absolute atomic E-state index is 12.5. The lowest BCUT2D eigenvalue weighted by Gasteiger charge is -2.17. The van der Waals surface area contributed by atoms with Crippen LogP contribution in [0.25, 0.3) is 0 Å². The predicted molar refractivity (Wildman–Crippen MR) is 113 cm³/mol. The van der Waals surface area contributed by atoms with Gasteiger partial charge < -0.3 is 10.2 Å². The Labute approximate surface area is 170 Å². The Morgan fingerprint density at radius 2 is 1.71 bits per heavy atom. The number of aromatic nitrogens is 2. The minimum atomic E-state index is -0.0331. The summed E-state index contributed by atoms with van der Waals surface area (Å²) in [5.41, 5.74) is 2.95. The number of nitrogens with zero attached hydrogens (tertiary/aromatic N) is 3. The third kappa shape index (κ3) is 5.79. The fourth-order valence-corrected chi connectivity index (χ4v) is 2.91. The summed E-state index contributed by atoms with van der Waals surface area (Å²) in [5.74, 6) is 0.722. The minimum absolute atomic E-state index is 0.0331. The molecule has 144 valence electrons. The number of pyridine rings is 2. The van der Waals surface area contributed by atoms with Crippen molar-refractivity contribution in [1.82, 2.24) is 14.9 Å². The Kier molecular flexibility index (Phi) is 6.98. The van der Waals surface area contributed by atoms with Gasteiger partial charge in [-0.05, 0) is 60.4 Å². The Balaban J connectivity index is 1.47. The fourth-order valence-electron chi connectivity index (χ4n) is 2.78. The van der Waals surface area contributed by atoms with E-state index in [4.69, 9.17) is 11.6 Å². The molecule has 0 saturated heterocycles. The van der Waals surface area contributed by atoms with Crippen LogP contribution >= 0.6 is 11.6 Å². The second-order valence-corrected chi connectivity index (χ2v) is 7.00. The monoisotopic (exact) mass is 394 g/mol. The van der Waals surface area contributed by atoms with Crippen LogP contribution in [-0.2, 0) is 12.8 Å². The zero-order valence-electron chi connectivity index (χ0n) is 15.8. The standard InChI is InChI=1S/C22H23ClN4O/c1-27(15-11-18-8-12-24-13-9-18)22(28)19-4-7-21(26-16-19)25-14-10-17-2-5-20(23)6-3-17/h2-9,12-13,16H,10-11,14-15H2,1H3,(H,25,26). The van der Waals surface area contributed by atoms with E-state index in [-0.39, 0.29) is 5.91 Å². The molecule has 0 aliphatic rings. The van der Waals surface area contributed by atoms with E-state index in [1.54, 1.807) is 23.5 Å². The topological polar surface area (TPSA) is 58.1 Å². The van der Waals surface area contributed by atoms with Crippen molar-refractivity contribution in [3.05, 3.63) is 88.8 Å². The van der Waals surface area contributed by atoms with Gasteiger partial charge in [0.15, 0.2) is 0 Å². The molecule has 1 N–H and O–H groups in total. The second kappa shape index (κ2) is 9.85. The molecular weight excluding hydrogens is 372 g/mol. The van der Waals surface area contributed by atoms with Crippen LogP contribution in [0.3, 0.4) is 0 Å². The van der Waals surface area contributed by atoms with Crippen LogP contribution in [0.5, 0.6) is 0 Å². The van der Waals surface area contributed by atoms with Gasteiger partial charge in [-0.3, -0.25) is 9.78 Å². The van der Waals surface area contributed by atoms with Crippen LogP contribution in [0.15, 0.2) is 67.1 Å². The zero-order valence-corrected chi connectivity index (χ0v) is 16.6. The molecule has 28 heavy (non-hydrogen) atoms. The van der Waals surface area contributed by atoms with Gasteiger partial charge in [-0.15, -0.1) is 0 Å². The van der Waals surface area contributed by atoms with Crippen LogP contribution in [0.1, 0.15) is 21.5 Å². The Bertz CT molecular complexity index is 883. The van der Waals surface area contributed by atoms with Crippen molar-refractivity contribution < 1.29 is 4.79 Å². The molecule has 6 heteroatoms. The number of amides is 1. The molecule has 3 aromatic rings. The summed E-state index contributed by atoms with van der Waals surface area (Å²) in [6.07, 6.45) is 6.81. The molecule has 0 bridgehead atoms. The summed E-state index contributed by atoms with van der Waals surface area (Å²) in [6, 6.07) is 15.4. The van der Waals surface area contributed by atoms with Crippen LogP contribution in [0.2, 0.25) is 5.02 Å². The molecule has 0 saturated carbocycles. The molecule has 0 unspecified atom stereocenters. The molecule has 0 aliphatic carbocycles. The van der Waals surface area contributed by atoms with E-state index in [1.807, 2.05) is 55.6 Å². The van der Waals surface area contributed by atoms with E-state index in [2.05, 4.69) is 15.3 Å². The molecular formula is C22H23ClN4O. The Morgan fingerprint density at radius 3 is 2.39 bits per heavy atom. The smallest absolute Gasteiger partial charge is 0.255 e. The molecule has 0 aliphatic heterocycles. The summed E-state index contributed by atoms with van der Waals surface area (Å²) in [4.78, 5) is 22.6. The van der Waals surface area contributed by atoms with Gasteiger partial charge in [0.05, 0.1) is 5.56 Å². The largest absolute Gasteiger partial charge is 0.370 e. The number of carbonyl (C=O) groups excluding carboxylic acids is 1. The quantitative estimate of drug-likeness (QED) is 0.625. The highest BCUT2D eigenvalue weighted by Gasteiger charge is 2.12. The zero-order chi connectivity index (χ0) is 19.8. The van der Waals surface area contributed by atoms with E-state index in [0.717, 1.165) is 35.8 Å². The number of anilines is 1. The number of benzene rings is 1. The number of carbonyl (C=O) groups is 1. The number of rotatable bonds is 8. The lowest BCUT2D eigenvalue weighted by atomic mass is 10.1. The fraction of sp³-hybridized carbons (Fsp3) is 0.227. The van der Waals surface area contributed by atoms with Gasteiger partial charge in [-0.2, -0.15) is 0 Å². The molecule has 0 fully saturated rings. The van der Waals surface area contributed by atoms with E-state index in [1.165, 1.54) is 5.56 Å². The van der Waals surface area contributed by atoms with Crippen molar-refractivity contribution in [2.24, 2.45) is 0 Å². The highest BCUT2D eigenvalue weighted by Crippen LogP contribution is 2.11. The lowest BCUT2D eigenvalue weighted by molar-refractivity contribution is 0.0796. The van der Waals surface area contributed by atoms with Crippen molar-refractivity contribution in [3.63, 3.8) is 0 Å². The van der Waals surface area contributed by atoms with Gasteiger partial charge in [0.25, 0.3) is 5.91 Å². The molecule has 5 nitrogen and oxygen atoms in total. The van der Waals surface area contributed by atoms with E-state index in [9.17, 15) is 4.79 Å². The second-order valence-electron chi connectivity index (χ2n) is 6.57. The van der Waals surface area contributed by atoms with Crippen molar-refractivity contribution >= 4 is 23.3 Å². The predicted octanol–water partition coefficient (Wildman–Crippen LogP) is 4.10. The highest BCUT2D eigenvalue weighted by atomic mass is 35.5. The maximum atomic E-state index is 12.5. The van der Waals surface area contributed by atoms with Crippen LogP contribution in [0.4, 0.5) is 5.82 Å². The van der Waals surface area contributed by atoms with Gasteiger partial charge in [0.2, 0.25) is 0 Å². The SMILES string of the molecule is CN(CCc1ccncc1)C(=O)c1ccc(NCCc2ccc(Cl)cc2)nc1. The average molecular weight is 395 g/mol. The first-order valence-electron chi connectivity index (χ1n) is 9.20. The Hall–Kier alpha value is -2.92. The van der Waals surface area contributed by atoms with E-state index < -0.39 is 0 Å². The van der Waals surface area contributed by atoms with Crippen molar-refractivity contribution in [1.29, 1.82) is 0 Å².